The summed E-state index contributed by atoms with van der Waals surface area (Å²) >= 11 is 6.28. The van der Waals surface area contributed by atoms with E-state index in [0.29, 0.717) is 29.6 Å². The number of nitrogens with one attached hydrogen (secondary N) is 1. The van der Waals surface area contributed by atoms with E-state index < -0.39 is 0 Å². The maximum Gasteiger partial charge on any atom is 0.226 e. The second kappa shape index (κ2) is 8.04. The van der Waals surface area contributed by atoms with Crippen molar-refractivity contribution in [2.45, 2.75) is 18.9 Å². The van der Waals surface area contributed by atoms with Gasteiger partial charge < -0.3 is 15.2 Å². The van der Waals surface area contributed by atoms with E-state index in [2.05, 4.69) is 10.4 Å². The molecule has 1 atom stereocenters. The molecule has 0 bridgehead atoms. The van der Waals surface area contributed by atoms with E-state index in [4.69, 9.17) is 21.4 Å². The summed E-state index contributed by atoms with van der Waals surface area (Å²) in [6, 6.07) is 15.2. The molecule has 2 aromatic carbocycles. The number of para-hydroxylation sites is 1. The molecule has 6 nitrogen and oxygen atoms in total. The molecule has 1 aliphatic heterocycles. The zero-order valence-corrected chi connectivity index (χ0v) is 15.9. The number of halogens is 1. The third-order valence-electron chi connectivity index (χ3n) is 4.81. The smallest absolute Gasteiger partial charge is 0.226 e. The minimum Gasteiger partial charge on any atom is -0.491 e. The monoisotopic (exact) mass is 397 g/mol. The summed E-state index contributed by atoms with van der Waals surface area (Å²) in [4.78, 5) is 12.4. The molecule has 2 heterocycles. The van der Waals surface area contributed by atoms with Gasteiger partial charge in [-0.2, -0.15) is 5.10 Å². The zero-order valence-electron chi connectivity index (χ0n) is 15.1. The third-order valence-corrected chi connectivity index (χ3v) is 5.18. The van der Waals surface area contributed by atoms with Crippen LogP contribution in [0.3, 0.4) is 0 Å². The highest BCUT2D eigenvalue weighted by Gasteiger charge is 2.31. The lowest BCUT2D eigenvalue weighted by molar-refractivity contribution is -0.116. The fourth-order valence-electron chi connectivity index (χ4n) is 3.51. The van der Waals surface area contributed by atoms with Gasteiger partial charge >= 0.3 is 0 Å². The highest BCUT2D eigenvalue weighted by atomic mass is 35.5. The highest BCUT2D eigenvalue weighted by molar-refractivity contribution is 6.31. The first kappa shape index (κ1) is 18.5. The van der Waals surface area contributed by atoms with Gasteiger partial charge in [0.1, 0.15) is 18.2 Å². The van der Waals surface area contributed by atoms with E-state index >= 15 is 0 Å². The van der Waals surface area contributed by atoms with Gasteiger partial charge in [0.15, 0.2) is 0 Å². The third kappa shape index (κ3) is 3.61. The van der Waals surface area contributed by atoms with Crippen LogP contribution in [-0.4, -0.2) is 34.0 Å². The first-order valence-corrected chi connectivity index (χ1v) is 9.46. The van der Waals surface area contributed by atoms with Gasteiger partial charge in [0.05, 0.1) is 19.3 Å². The molecular formula is C21H20ClN3O3. The number of anilines is 1. The summed E-state index contributed by atoms with van der Waals surface area (Å²) < 4.78 is 7.44. The predicted octanol–water partition coefficient (Wildman–Crippen LogP) is 3.43. The maximum atomic E-state index is 12.4. The lowest BCUT2D eigenvalue weighted by atomic mass is 9.87. The molecule has 1 amide bonds. The van der Waals surface area contributed by atoms with Crippen molar-refractivity contribution in [3.63, 3.8) is 0 Å². The van der Waals surface area contributed by atoms with Gasteiger partial charge in [0, 0.05) is 28.5 Å². The van der Waals surface area contributed by atoms with Crippen LogP contribution in [0, 0.1) is 0 Å². The molecule has 1 aromatic heterocycles. The number of hydrogen-bond donors (Lipinski definition) is 2. The van der Waals surface area contributed by atoms with E-state index in [1.54, 1.807) is 10.9 Å². The summed E-state index contributed by atoms with van der Waals surface area (Å²) in [5, 5.41) is 17.2. The molecule has 1 aliphatic rings. The molecule has 2 N–H and O–H groups in total. The Balaban J connectivity index is 1.70. The van der Waals surface area contributed by atoms with Crippen molar-refractivity contribution < 1.29 is 14.6 Å². The van der Waals surface area contributed by atoms with Gasteiger partial charge in [-0.25, -0.2) is 4.68 Å². The number of benzene rings is 2. The number of hydrogen-bond acceptors (Lipinski definition) is 4. The number of carbonyl (C=O) groups excluding carboxylic acids is 1. The second-order valence-corrected chi connectivity index (χ2v) is 7.02. The number of nitrogens with zero attached hydrogens (tertiary/aromatic N) is 2. The first-order chi connectivity index (χ1) is 13.7. The quantitative estimate of drug-likeness (QED) is 0.668. The summed E-state index contributed by atoms with van der Waals surface area (Å²) in [6.07, 6.45) is 2.10. The Bertz CT molecular complexity index is 1000. The minimum absolute atomic E-state index is 0.0689. The van der Waals surface area contributed by atoms with Crippen LogP contribution in [0.15, 0.2) is 54.7 Å². The van der Waals surface area contributed by atoms with Crippen molar-refractivity contribution >= 4 is 23.3 Å². The van der Waals surface area contributed by atoms with E-state index in [-0.39, 0.29) is 25.0 Å². The standard InChI is InChI=1S/C21H20ClN3O3/c22-18-7-3-1-5-14(18)13-25-21-17(12-23-25)16(11-20(27)24-21)15-6-2-4-8-19(15)28-10-9-26/h1-8,12,16,26H,9-11,13H2,(H,24,27). The van der Waals surface area contributed by atoms with Crippen LogP contribution in [0.5, 0.6) is 5.75 Å². The molecular weight excluding hydrogens is 378 g/mol. The molecule has 0 spiro atoms. The van der Waals surface area contributed by atoms with Crippen molar-refractivity contribution in [2.75, 3.05) is 18.5 Å². The van der Waals surface area contributed by atoms with Crippen LogP contribution in [-0.2, 0) is 11.3 Å². The van der Waals surface area contributed by atoms with Crippen molar-refractivity contribution in [3.05, 3.63) is 76.4 Å². The van der Waals surface area contributed by atoms with Crippen molar-refractivity contribution in [1.29, 1.82) is 0 Å². The van der Waals surface area contributed by atoms with E-state index in [1.165, 1.54) is 0 Å². The van der Waals surface area contributed by atoms with Crippen LogP contribution in [0.1, 0.15) is 29.0 Å². The SMILES string of the molecule is O=C1CC(c2ccccc2OCCO)c2cnn(Cc3ccccc3Cl)c2N1. The van der Waals surface area contributed by atoms with Crippen molar-refractivity contribution in [1.82, 2.24) is 9.78 Å². The normalized spacial score (nSPS) is 15.8. The number of rotatable bonds is 6. The summed E-state index contributed by atoms with van der Waals surface area (Å²) in [7, 11) is 0. The van der Waals surface area contributed by atoms with Crippen LogP contribution in [0.25, 0.3) is 0 Å². The Labute approximate surface area is 167 Å². The molecule has 0 radical (unpaired) electrons. The summed E-state index contributed by atoms with van der Waals surface area (Å²) in [5.41, 5.74) is 2.77. The van der Waals surface area contributed by atoms with Gasteiger partial charge in [-0.05, 0) is 17.7 Å². The Morgan fingerprint density at radius 3 is 2.79 bits per heavy atom. The Morgan fingerprint density at radius 1 is 1.18 bits per heavy atom. The average Bonchev–Trinajstić information content (AvgIpc) is 3.10. The Hall–Kier alpha value is -2.83. The van der Waals surface area contributed by atoms with Gasteiger partial charge in [-0.3, -0.25) is 4.79 Å². The molecule has 0 saturated heterocycles. The number of carbonyl (C=O) groups is 1. The van der Waals surface area contributed by atoms with Crippen molar-refractivity contribution in [3.8, 4) is 5.75 Å². The fourth-order valence-corrected chi connectivity index (χ4v) is 3.71. The first-order valence-electron chi connectivity index (χ1n) is 9.09. The molecule has 0 aliphatic carbocycles. The minimum atomic E-state index is -0.168. The van der Waals surface area contributed by atoms with Crippen LogP contribution >= 0.6 is 11.6 Å². The zero-order chi connectivity index (χ0) is 19.5. The van der Waals surface area contributed by atoms with E-state index in [9.17, 15) is 4.79 Å². The lowest BCUT2D eigenvalue weighted by Crippen LogP contribution is -2.25. The van der Waals surface area contributed by atoms with Crippen LogP contribution < -0.4 is 10.1 Å². The fraction of sp³-hybridized carbons (Fsp3) is 0.238. The number of ether oxygens (including phenoxy) is 1. The molecule has 0 saturated carbocycles. The molecule has 4 rings (SSSR count). The van der Waals surface area contributed by atoms with Gasteiger partial charge in [-0.15, -0.1) is 0 Å². The lowest BCUT2D eigenvalue weighted by Gasteiger charge is -2.25. The van der Waals surface area contributed by atoms with Gasteiger partial charge in [0.2, 0.25) is 5.91 Å². The average molecular weight is 398 g/mol. The molecule has 1 unspecified atom stereocenters. The van der Waals surface area contributed by atoms with Crippen LogP contribution in [0.4, 0.5) is 5.82 Å². The summed E-state index contributed by atoms with van der Waals surface area (Å²) in [6.45, 7) is 0.597. The van der Waals surface area contributed by atoms with Gasteiger partial charge in [-0.1, -0.05) is 48.0 Å². The maximum absolute atomic E-state index is 12.4. The van der Waals surface area contributed by atoms with Crippen molar-refractivity contribution in [2.24, 2.45) is 0 Å². The van der Waals surface area contributed by atoms with Crippen LogP contribution in [0.2, 0.25) is 5.02 Å². The topological polar surface area (TPSA) is 76.4 Å². The van der Waals surface area contributed by atoms with E-state index in [0.717, 1.165) is 16.7 Å². The van der Waals surface area contributed by atoms with E-state index in [1.807, 2.05) is 48.5 Å². The molecule has 0 fully saturated rings. The molecule has 3 aromatic rings. The molecule has 144 valence electrons. The second-order valence-electron chi connectivity index (χ2n) is 6.61. The summed E-state index contributed by atoms with van der Waals surface area (Å²) in [5.74, 6) is 1.10. The number of aromatic nitrogens is 2. The number of aliphatic hydroxyl groups is 1. The molecule has 7 heteroatoms. The number of aliphatic hydroxyl groups excluding tert-OH is 1. The predicted molar refractivity (Wildman–Crippen MR) is 107 cm³/mol. The largest absolute Gasteiger partial charge is 0.491 e. The Kier molecular flexibility index (Phi) is 5.32. The highest BCUT2D eigenvalue weighted by Crippen LogP contribution is 2.40. The Morgan fingerprint density at radius 2 is 1.96 bits per heavy atom. The number of fused-ring (bicyclic) bond motifs is 1. The van der Waals surface area contributed by atoms with Gasteiger partial charge in [0.25, 0.3) is 0 Å². The molecule has 28 heavy (non-hydrogen) atoms. The number of amides is 1.